The minimum absolute atomic E-state index is 0.209. The third-order valence-electron chi connectivity index (χ3n) is 5.02. The van der Waals surface area contributed by atoms with Crippen molar-refractivity contribution < 1.29 is 19.3 Å². The summed E-state index contributed by atoms with van der Waals surface area (Å²) in [6, 6.07) is 8.04. The molecule has 132 valence electrons. The van der Waals surface area contributed by atoms with Gasteiger partial charge in [-0.3, -0.25) is 4.90 Å². The molecule has 0 saturated carbocycles. The van der Waals surface area contributed by atoms with E-state index >= 15 is 0 Å². The van der Waals surface area contributed by atoms with Gasteiger partial charge in [0.05, 0.1) is 7.11 Å². The Bertz CT molecular complexity index is 824. The van der Waals surface area contributed by atoms with Crippen LogP contribution in [0.4, 0.5) is 0 Å². The van der Waals surface area contributed by atoms with Crippen molar-refractivity contribution in [2.45, 2.75) is 25.9 Å². The highest BCUT2D eigenvalue weighted by Crippen LogP contribution is 2.40. The van der Waals surface area contributed by atoms with Crippen LogP contribution in [0, 0.1) is 0 Å². The summed E-state index contributed by atoms with van der Waals surface area (Å²) in [6.45, 7) is 4.21. The van der Waals surface area contributed by atoms with Crippen LogP contribution in [0.15, 0.2) is 28.7 Å². The van der Waals surface area contributed by atoms with E-state index in [1.54, 1.807) is 7.11 Å². The van der Waals surface area contributed by atoms with Crippen molar-refractivity contribution in [2.75, 3.05) is 20.4 Å². The van der Waals surface area contributed by atoms with Crippen LogP contribution in [0.25, 0.3) is 0 Å². The SMILES string of the molecule is COc1cc2c(cc1O)CCN(Cc1cc3c(cc1Br)OCO3)C2C. The molecule has 0 aliphatic carbocycles. The van der Waals surface area contributed by atoms with Crippen LogP contribution in [0.2, 0.25) is 0 Å². The van der Waals surface area contributed by atoms with Crippen molar-refractivity contribution in [3.63, 3.8) is 0 Å². The Hall–Kier alpha value is -1.92. The highest BCUT2D eigenvalue weighted by molar-refractivity contribution is 9.10. The zero-order valence-corrected chi connectivity index (χ0v) is 15.8. The van der Waals surface area contributed by atoms with Gasteiger partial charge in [0, 0.05) is 23.6 Å². The number of hydrogen-bond donors (Lipinski definition) is 1. The first-order valence-electron chi connectivity index (χ1n) is 8.28. The zero-order chi connectivity index (χ0) is 17.6. The van der Waals surface area contributed by atoms with Crippen molar-refractivity contribution in [3.8, 4) is 23.0 Å². The van der Waals surface area contributed by atoms with E-state index in [-0.39, 0.29) is 18.6 Å². The maximum Gasteiger partial charge on any atom is 0.231 e. The van der Waals surface area contributed by atoms with Crippen LogP contribution in [0.1, 0.15) is 29.7 Å². The van der Waals surface area contributed by atoms with Gasteiger partial charge in [0.1, 0.15) is 0 Å². The molecule has 0 saturated heterocycles. The average Bonchev–Trinajstić information content (AvgIpc) is 3.04. The molecule has 2 aliphatic rings. The quantitative estimate of drug-likeness (QED) is 0.835. The number of methoxy groups -OCH3 is 1. The Morgan fingerprint density at radius 3 is 2.76 bits per heavy atom. The molecule has 6 heteroatoms. The highest BCUT2D eigenvalue weighted by atomic mass is 79.9. The number of halogens is 1. The highest BCUT2D eigenvalue weighted by Gasteiger charge is 2.27. The fraction of sp³-hybridized carbons (Fsp3) is 0.368. The van der Waals surface area contributed by atoms with Crippen molar-refractivity contribution >= 4 is 15.9 Å². The van der Waals surface area contributed by atoms with E-state index in [0.717, 1.165) is 35.5 Å². The van der Waals surface area contributed by atoms with E-state index < -0.39 is 0 Å². The predicted molar refractivity (Wildman–Crippen MR) is 97.5 cm³/mol. The largest absolute Gasteiger partial charge is 0.504 e. The normalized spacial score (nSPS) is 18.9. The maximum atomic E-state index is 10.0. The van der Waals surface area contributed by atoms with Gasteiger partial charge in [0.15, 0.2) is 23.0 Å². The molecule has 25 heavy (non-hydrogen) atoms. The molecule has 2 heterocycles. The first-order valence-corrected chi connectivity index (χ1v) is 9.08. The number of hydrogen-bond acceptors (Lipinski definition) is 5. The van der Waals surface area contributed by atoms with E-state index in [2.05, 4.69) is 27.8 Å². The number of fused-ring (bicyclic) bond motifs is 2. The minimum Gasteiger partial charge on any atom is -0.504 e. The van der Waals surface area contributed by atoms with Gasteiger partial charge in [-0.25, -0.2) is 0 Å². The van der Waals surface area contributed by atoms with Crippen molar-refractivity contribution in [3.05, 3.63) is 45.4 Å². The van der Waals surface area contributed by atoms with Crippen LogP contribution in [0.3, 0.4) is 0 Å². The minimum atomic E-state index is 0.209. The van der Waals surface area contributed by atoms with Gasteiger partial charge in [-0.05, 0) is 54.3 Å². The lowest BCUT2D eigenvalue weighted by Crippen LogP contribution is -2.33. The fourth-order valence-corrected chi connectivity index (χ4v) is 4.01. The summed E-state index contributed by atoms with van der Waals surface area (Å²) in [5, 5.41) is 10.0. The number of aromatic hydroxyl groups is 1. The Morgan fingerprint density at radius 1 is 1.24 bits per heavy atom. The topological polar surface area (TPSA) is 51.2 Å². The van der Waals surface area contributed by atoms with Gasteiger partial charge in [0.25, 0.3) is 0 Å². The molecule has 4 rings (SSSR count). The van der Waals surface area contributed by atoms with Crippen LogP contribution >= 0.6 is 15.9 Å². The molecule has 1 atom stereocenters. The van der Waals surface area contributed by atoms with E-state index in [1.165, 1.54) is 16.7 Å². The Kier molecular flexibility index (Phi) is 4.25. The first-order chi connectivity index (χ1) is 12.1. The van der Waals surface area contributed by atoms with E-state index in [1.807, 2.05) is 24.3 Å². The molecule has 0 bridgehead atoms. The molecule has 0 spiro atoms. The van der Waals surface area contributed by atoms with E-state index in [0.29, 0.717) is 5.75 Å². The second-order valence-electron chi connectivity index (χ2n) is 6.42. The van der Waals surface area contributed by atoms with Gasteiger partial charge in [-0.15, -0.1) is 0 Å². The smallest absolute Gasteiger partial charge is 0.231 e. The molecular weight excluding hydrogens is 386 g/mol. The summed E-state index contributed by atoms with van der Waals surface area (Å²) in [6.07, 6.45) is 0.902. The number of rotatable bonds is 3. The number of phenolic OH excluding ortho intramolecular Hbond substituents is 1. The van der Waals surface area contributed by atoms with Gasteiger partial charge in [-0.1, -0.05) is 15.9 Å². The van der Waals surface area contributed by atoms with Crippen LogP contribution in [-0.2, 0) is 13.0 Å². The lowest BCUT2D eigenvalue weighted by Gasteiger charge is -2.35. The Balaban J connectivity index is 1.61. The van der Waals surface area contributed by atoms with Crippen molar-refractivity contribution in [2.24, 2.45) is 0 Å². The molecule has 0 aromatic heterocycles. The summed E-state index contributed by atoms with van der Waals surface area (Å²) in [4.78, 5) is 2.42. The third kappa shape index (κ3) is 2.93. The number of ether oxygens (including phenoxy) is 3. The first kappa shape index (κ1) is 16.5. The second-order valence-corrected chi connectivity index (χ2v) is 7.27. The molecule has 0 amide bonds. The van der Waals surface area contributed by atoms with Crippen LogP contribution < -0.4 is 14.2 Å². The lowest BCUT2D eigenvalue weighted by molar-refractivity contribution is 0.173. The van der Waals surface area contributed by atoms with E-state index in [9.17, 15) is 5.11 Å². The Morgan fingerprint density at radius 2 is 2.00 bits per heavy atom. The predicted octanol–water partition coefficient (Wildman–Crippen LogP) is 4.01. The molecule has 2 aliphatic heterocycles. The van der Waals surface area contributed by atoms with Gasteiger partial charge in [-0.2, -0.15) is 0 Å². The number of nitrogens with zero attached hydrogens (tertiary/aromatic N) is 1. The van der Waals surface area contributed by atoms with Crippen molar-refractivity contribution in [1.82, 2.24) is 4.90 Å². The third-order valence-corrected chi connectivity index (χ3v) is 5.76. The molecule has 2 aromatic carbocycles. The molecule has 0 radical (unpaired) electrons. The van der Waals surface area contributed by atoms with Crippen LogP contribution in [0.5, 0.6) is 23.0 Å². The summed E-state index contributed by atoms with van der Waals surface area (Å²) in [7, 11) is 1.58. The van der Waals surface area contributed by atoms with Gasteiger partial charge < -0.3 is 19.3 Å². The van der Waals surface area contributed by atoms with Crippen molar-refractivity contribution in [1.29, 1.82) is 0 Å². The molecule has 0 fully saturated rings. The fourth-order valence-electron chi connectivity index (χ4n) is 3.57. The molecule has 1 N–H and O–H groups in total. The molecular formula is C19H20BrNO4. The second kappa shape index (κ2) is 6.42. The number of benzene rings is 2. The van der Waals surface area contributed by atoms with E-state index in [4.69, 9.17) is 14.2 Å². The lowest BCUT2D eigenvalue weighted by atomic mass is 9.92. The van der Waals surface area contributed by atoms with Gasteiger partial charge in [0.2, 0.25) is 6.79 Å². The molecule has 5 nitrogen and oxygen atoms in total. The monoisotopic (exact) mass is 405 g/mol. The molecule has 1 unspecified atom stereocenters. The summed E-state index contributed by atoms with van der Waals surface area (Å²) in [5.41, 5.74) is 3.56. The van der Waals surface area contributed by atoms with Gasteiger partial charge >= 0.3 is 0 Å². The summed E-state index contributed by atoms with van der Waals surface area (Å²) < 4.78 is 17.2. The summed E-state index contributed by atoms with van der Waals surface area (Å²) in [5.74, 6) is 2.32. The van der Waals surface area contributed by atoms with Crippen LogP contribution in [-0.4, -0.2) is 30.5 Å². The standard InChI is InChI=1S/C19H20BrNO4/c1-11-14-7-17(23-2)16(22)5-12(14)3-4-21(11)9-13-6-18-19(8-15(13)20)25-10-24-18/h5-8,11,22H,3-4,9-10H2,1-2H3. The average molecular weight is 406 g/mol. The zero-order valence-electron chi connectivity index (χ0n) is 14.2. The number of phenols is 1. The summed E-state index contributed by atoms with van der Waals surface area (Å²) >= 11 is 3.65. The maximum absolute atomic E-state index is 10.0. The Labute approximate surface area is 155 Å². The molecule has 2 aromatic rings.